The molecule has 0 amide bonds. The van der Waals surface area contributed by atoms with Crippen LogP contribution in [0.25, 0.3) is 49.7 Å². The first kappa shape index (κ1) is 29.3. The van der Waals surface area contributed by atoms with Crippen molar-refractivity contribution in [3.63, 3.8) is 0 Å². The van der Waals surface area contributed by atoms with Gasteiger partial charge in [0.2, 0.25) is 0 Å². The number of hydrogen-bond acceptors (Lipinski definition) is 1. The van der Waals surface area contributed by atoms with E-state index < -0.39 is 5.41 Å². The Morgan fingerprint density at radius 3 is 1.65 bits per heavy atom. The molecule has 0 saturated carbocycles. The quantitative estimate of drug-likeness (QED) is 0.181. The van der Waals surface area contributed by atoms with Gasteiger partial charge < -0.3 is 9.30 Å². The van der Waals surface area contributed by atoms with Crippen molar-refractivity contribution in [2.45, 2.75) is 5.41 Å². The van der Waals surface area contributed by atoms with Crippen molar-refractivity contribution in [3.05, 3.63) is 222 Å². The number of para-hydroxylation sites is 3. The van der Waals surface area contributed by atoms with Crippen molar-refractivity contribution >= 4 is 21.8 Å². The maximum absolute atomic E-state index is 6.67. The fourth-order valence-electron chi connectivity index (χ4n) is 8.27. The van der Waals surface area contributed by atoms with Gasteiger partial charge in [-0.3, -0.25) is 0 Å². The van der Waals surface area contributed by atoms with Crippen molar-refractivity contribution in [2.24, 2.45) is 0 Å². The maximum atomic E-state index is 6.67. The van der Waals surface area contributed by atoms with Crippen LogP contribution in [0.2, 0.25) is 0 Å². The van der Waals surface area contributed by atoms with Gasteiger partial charge in [0.25, 0.3) is 0 Å². The molecule has 0 aliphatic carbocycles. The molecule has 0 atom stereocenters. The standard InChI is InChI=1S/C49H33NO/c1-4-17-38(18-5-1)49(39-19-6-2-7-20-39)43-24-11-13-26-47(43)51-48-30-28-37(33-44(48)49)35-16-14-15-34(31-35)36-27-29-46-42(32-36)41-23-10-12-25-45(41)50(46)40-21-8-3-9-22-40/h1-33H. The Bertz CT molecular complexity index is 2670. The van der Waals surface area contributed by atoms with Crippen molar-refractivity contribution in [2.75, 3.05) is 0 Å². The third kappa shape index (κ3) is 4.57. The zero-order chi connectivity index (χ0) is 33.8. The summed E-state index contributed by atoms with van der Waals surface area (Å²) < 4.78 is 9.03. The van der Waals surface area contributed by atoms with Crippen LogP contribution in [0.4, 0.5) is 0 Å². The Hall–Kier alpha value is -6.64. The molecule has 9 aromatic rings. The van der Waals surface area contributed by atoms with Gasteiger partial charge in [0.1, 0.15) is 11.5 Å². The van der Waals surface area contributed by atoms with Gasteiger partial charge in [-0.1, -0.05) is 146 Å². The maximum Gasteiger partial charge on any atom is 0.132 e. The predicted molar refractivity (Wildman–Crippen MR) is 210 cm³/mol. The summed E-state index contributed by atoms with van der Waals surface area (Å²) >= 11 is 0. The van der Waals surface area contributed by atoms with Crippen LogP contribution in [0.5, 0.6) is 11.5 Å². The molecule has 2 heterocycles. The van der Waals surface area contributed by atoms with Gasteiger partial charge in [-0.25, -0.2) is 0 Å². The Kier molecular flexibility index (Phi) is 6.75. The molecule has 0 fully saturated rings. The molecule has 0 N–H and O–H groups in total. The van der Waals surface area contributed by atoms with Crippen molar-refractivity contribution < 1.29 is 4.74 Å². The summed E-state index contributed by atoms with van der Waals surface area (Å²) in [6.45, 7) is 0. The van der Waals surface area contributed by atoms with Gasteiger partial charge in [-0.2, -0.15) is 0 Å². The smallest absolute Gasteiger partial charge is 0.132 e. The summed E-state index contributed by atoms with van der Waals surface area (Å²) in [5, 5.41) is 2.50. The first-order chi connectivity index (χ1) is 25.3. The number of fused-ring (bicyclic) bond motifs is 5. The molecule has 10 rings (SSSR count). The highest BCUT2D eigenvalue weighted by atomic mass is 16.5. The number of rotatable bonds is 5. The minimum atomic E-state index is -0.557. The summed E-state index contributed by atoms with van der Waals surface area (Å²) in [5.41, 5.74) is 12.4. The summed E-state index contributed by atoms with van der Waals surface area (Å²) in [7, 11) is 0. The number of nitrogens with zero attached hydrogens (tertiary/aromatic N) is 1. The number of benzene rings is 8. The van der Waals surface area contributed by atoms with Crippen molar-refractivity contribution in [1.82, 2.24) is 4.57 Å². The summed E-state index contributed by atoms with van der Waals surface area (Å²) in [5.74, 6) is 1.76. The van der Waals surface area contributed by atoms with E-state index in [0.717, 1.165) is 33.8 Å². The van der Waals surface area contributed by atoms with E-state index in [9.17, 15) is 0 Å². The first-order valence-electron chi connectivity index (χ1n) is 17.5. The fourth-order valence-corrected chi connectivity index (χ4v) is 8.27. The third-order valence-electron chi connectivity index (χ3n) is 10.5. The van der Waals surface area contributed by atoms with Crippen LogP contribution >= 0.6 is 0 Å². The Labute approximate surface area is 297 Å². The number of ether oxygens (including phenoxy) is 1. The van der Waals surface area contributed by atoms with Crippen LogP contribution in [0.3, 0.4) is 0 Å². The molecule has 1 aliphatic heterocycles. The van der Waals surface area contributed by atoms with Crippen LogP contribution in [-0.4, -0.2) is 4.57 Å². The largest absolute Gasteiger partial charge is 0.457 e. The molecule has 1 aromatic heterocycles. The molecule has 0 unspecified atom stereocenters. The highest BCUT2D eigenvalue weighted by Gasteiger charge is 2.45. The molecule has 0 saturated heterocycles. The lowest BCUT2D eigenvalue weighted by atomic mass is 9.63. The van der Waals surface area contributed by atoms with Crippen LogP contribution in [-0.2, 0) is 5.41 Å². The Balaban J connectivity index is 1.14. The van der Waals surface area contributed by atoms with E-state index in [1.165, 1.54) is 49.7 Å². The van der Waals surface area contributed by atoms with E-state index in [0.29, 0.717) is 0 Å². The van der Waals surface area contributed by atoms with E-state index >= 15 is 0 Å². The Morgan fingerprint density at radius 1 is 0.353 bits per heavy atom. The minimum Gasteiger partial charge on any atom is -0.457 e. The summed E-state index contributed by atoms with van der Waals surface area (Å²) in [4.78, 5) is 0. The molecule has 240 valence electrons. The van der Waals surface area contributed by atoms with E-state index in [4.69, 9.17) is 4.74 Å². The SMILES string of the molecule is c1ccc(-n2c3ccccc3c3cc(-c4cccc(-c5ccc6c(c5)C(c5ccccc5)(c5ccccc5)c5ccccc5O6)c4)ccc32)cc1. The third-order valence-corrected chi connectivity index (χ3v) is 10.5. The number of aromatic nitrogens is 1. The molecule has 2 heteroatoms. The lowest BCUT2D eigenvalue weighted by Crippen LogP contribution is -2.34. The molecule has 0 radical (unpaired) electrons. The van der Waals surface area contributed by atoms with E-state index in [2.05, 4.69) is 205 Å². The molecule has 0 bridgehead atoms. The van der Waals surface area contributed by atoms with Gasteiger partial charge in [-0.05, 0) is 88.0 Å². The zero-order valence-electron chi connectivity index (χ0n) is 27.9. The summed E-state index contributed by atoms with van der Waals surface area (Å²) in [6, 6.07) is 72.0. The lowest BCUT2D eigenvalue weighted by Gasteiger charge is -2.41. The number of hydrogen-bond donors (Lipinski definition) is 0. The highest BCUT2D eigenvalue weighted by Crippen LogP contribution is 2.55. The fraction of sp³-hybridized carbons (Fsp3) is 0.0204. The van der Waals surface area contributed by atoms with Crippen molar-refractivity contribution in [3.8, 4) is 39.4 Å². The van der Waals surface area contributed by atoms with Crippen LogP contribution < -0.4 is 4.74 Å². The molecule has 1 aliphatic rings. The highest BCUT2D eigenvalue weighted by molar-refractivity contribution is 6.10. The van der Waals surface area contributed by atoms with Crippen molar-refractivity contribution in [1.29, 1.82) is 0 Å². The molecular formula is C49H33NO. The zero-order valence-corrected chi connectivity index (χ0v) is 27.9. The van der Waals surface area contributed by atoms with E-state index in [1.807, 2.05) is 0 Å². The second-order valence-electron chi connectivity index (χ2n) is 13.3. The van der Waals surface area contributed by atoms with Gasteiger partial charge in [0, 0.05) is 27.6 Å². The molecule has 2 nitrogen and oxygen atoms in total. The predicted octanol–water partition coefficient (Wildman–Crippen LogP) is 12.6. The normalized spacial score (nSPS) is 13.0. The average molecular weight is 652 g/mol. The molecular weight excluding hydrogens is 619 g/mol. The monoisotopic (exact) mass is 651 g/mol. The minimum absolute atomic E-state index is 0.557. The van der Waals surface area contributed by atoms with Gasteiger partial charge in [0.15, 0.2) is 0 Å². The Morgan fingerprint density at radius 2 is 0.902 bits per heavy atom. The van der Waals surface area contributed by atoms with E-state index in [-0.39, 0.29) is 0 Å². The topological polar surface area (TPSA) is 14.2 Å². The second-order valence-corrected chi connectivity index (χ2v) is 13.3. The first-order valence-corrected chi connectivity index (χ1v) is 17.5. The van der Waals surface area contributed by atoms with Gasteiger partial charge >= 0.3 is 0 Å². The molecule has 0 spiro atoms. The second kappa shape index (κ2) is 11.8. The van der Waals surface area contributed by atoms with Crippen LogP contribution in [0, 0.1) is 0 Å². The van der Waals surface area contributed by atoms with Gasteiger partial charge in [0.05, 0.1) is 16.4 Å². The molecule has 8 aromatic carbocycles. The van der Waals surface area contributed by atoms with Crippen LogP contribution in [0.1, 0.15) is 22.3 Å². The van der Waals surface area contributed by atoms with E-state index in [1.54, 1.807) is 0 Å². The molecule has 51 heavy (non-hydrogen) atoms. The summed E-state index contributed by atoms with van der Waals surface area (Å²) in [6.07, 6.45) is 0. The average Bonchev–Trinajstić information content (AvgIpc) is 3.54. The van der Waals surface area contributed by atoms with Gasteiger partial charge in [-0.15, -0.1) is 0 Å². The lowest BCUT2D eigenvalue weighted by molar-refractivity contribution is 0.434. The van der Waals surface area contributed by atoms with Crippen LogP contribution in [0.15, 0.2) is 200 Å².